The Balaban J connectivity index is 2.16. The van der Waals surface area contributed by atoms with E-state index < -0.39 is 46.3 Å². The lowest BCUT2D eigenvalue weighted by molar-refractivity contribution is -0.162. The van der Waals surface area contributed by atoms with Gasteiger partial charge in [-0.1, -0.05) is 10.4 Å². The molecule has 17 heteroatoms. The maximum Gasteiger partial charge on any atom is 0.320 e. The topological polar surface area (TPSA) is 199 Å². The standard InChI is InChI=1S/C33H57N9O8/c1-30(2,3)47-26(43)19-39(20-27(44)48-31(4,5)6)14-23-16-41(37-35-23)18-25(13-34)42-17-24(36-38-42)15-40(21-28(45)49-32(7,8)9)22-29(46)50-33(10,11)12/h16-17,25H,13-15,18-22,34H2,1-12H3. The molecule has 282 valence electrons. The summed E-state index contributed by atoms with van der Waals surface area (Å²) in [6.07, 6.45) is 3.39. The van der Waals surface area contributed by atoms with Gasteiger partial charge in [0.2, 0.25) is 0 Å². The predicted octanol–water partition coefficient (Wildman–Crippen LogP) is 2.04. The first kappa shape index (κ1) is 42.2. The zero-order chi connectivity index (χ0) is 38.1. The van der Waals surface area contributed by atoms with Gasteiger partial charge in [0, 0.05) is 25.8 Å². The molecule has 2 aromatic heterocycles. The Morgan fingerprint density at radius 2 is 0.960 bits per heavy atom. The van der Waals surface area contributed by atoms with E-state index in [-0.39, 0.29) is 58.4 Å². The first-order valence-corrected chi connectivity index (χ1v) is 16.6. The highest BCUT2D eigenvalue weighted by Crippen LogP contribution is 2.15. The monoisotopic (exact) mass is 707 g/mol. The molecule has 1 atom stereocenters. The van der Waals surface area contributed by atoms with Crippen LogP contribution < -0.4 is 5.73 Å². The first-order chi connectivity index (χ1) is 22.8. The summed E-state index contributed by atoms with van der Waals surface area (Å²) in [4.78, 5) is 53.7. The summed E-state index contributed by atoms with van der Waals surface area (Å²) in [7, 11) is 0. The lowest BCUT2D eigenvalue weighted by Crippen LogP contribution is -2.39. The number of nitrogens with two attached hydrogens (primary N) is 1. The van der Waals surface area contributed by atoms with E-state index in [1.54, 1.807) is 115 Å². The van der Waals surface area contributed by atoms with Gasteiger partial charge in [-0.25, -0.2) is 4.68 Å². The molecule has 0 amide bonds. The Hall–Kier alpha value is -3.96. The lowest BCUT2D eigenvalue weighted by Gasteiger charge is -2.25. The van der Waals surface area contributed by atoms with Crippen molar-refractivity contribution in [1.29, 1.82) is 0 Å². The van der Waals surface area contributed by atoms with Crippen LogP contribution in [0.1, 0.15) is 101 Å². The molecule has 2 aromatic rings. The molecular formula is C33H57N9O8. The van der Waals surface area contributed by atoms with E-state index in [1.165, 1.54) is 0 Å². The van der Waals surface area contributed by atoms with Crippen molar-refractivity contribution in [2.75, 3.05) is 32.7 Å². The minimum atomic E-state index is -0.693. The number of esters is 4. The van der Waals surface area contributed by atoms with Gasteiger partial charge in [0.25, 0.3) is 0 Å². The fourth-order valence-corrected chi connectivity index (χ4v) is 4.57. The van der Waals surface area contributed by atoms with Crippen LogP contribution in [-0.2, 0) is 57.8 Å². The van der Waals surface area contributed by atoms with Crippen molar-refractivity contribution < 1.29 is 38.1 Å². The molecular weight excluding hydrogens is 650 g/mol. The fraction of sp³-hybridized carbons (Fsp3) is 0.758. The maximum atomic E-state index is 12.6. The van der Waals surface area contributed by atoms with Gasteiger partial charge in [-0.05, 0) is 83.1 Å². The molecule has 0 radical (unpaired) electrons. The Morgan fingerprint density at radius 1 is 0.620 bits per heavy atom. The Morgan fingerprint density at radius 3 is 1.30 bits per heavy atom. The summed E-state index contributed by atoms with van der Waals surface area (Å²) in [5.41, 5.74) is 4.35. The molecule has 0 spiro atoms. The molecule has 2 N–H and O–H groups in total. The number of ether oxygens (including phenoxy) is 4. The SMILES string of the molecule is CC(C)(C)OC(=O)CN(CC(=O)OC(C)(C)C)Cc1cn(CC(CN)n2cc(CN(CC(=O)OC(C)(C)C)CC(=O)OC(C)(C)C)nn2)nn1. The van der Waals surface area contributed by atoms with Gasteiger partial charge >= 0.3 is 23.9 Å². The zero-order valence-corrected chi connectivity index (χ0v) is 31.8. The minimum absolute atomic E-state index is 0.119. The second kappa shape index (κ2) is 17.3. The molecule has 17 nitrogen and oxygen atoms in total. The number of carbonyl (C=O) groups excluding carboxylic acids is 4. The number of carbonyl (C=O) groups is 4. The molecule has 2 heterocycles. The average Bonchev–Trinajstić information content (AvgIpc) is 3.51. The van der Waals surface area contributed by atoms with E-state index in [0.29, 0.717) is 11.4 Å². The quantitative estimate of drug-likeness (QED) is 0.196. The molecule has 0 bridgehead atoms. The summed E-state index contributed by atoms with van der Waals surface area (Å²) in [6.45, 7) is 21.3. The highest BCUT2D eigenvalue weighted by Gasteiger charge is 2.26. The molecule has 50 heavy (non-hydrogen) atoms. The molecule has 0 aliphatic heterocycles. The second-order valence-electron chi connectivity index (χ2n) is 16.1. The van der Waals surface area contributed by atoms with Crippen LogP contribution in [0, 0.1) is 0 Å². The van der Waals surface area contributed by atoms with E-state index in [2.05, 4.69) is 20.6 Å². The van der Waals surface area contributed by atoms with E-state index in [1.807, 2.05) is 0 Å². The van der Waals surface area contributed by atoms with Crippen LogP contribution in [0.2, 0.25) is 0 Å². The van der Waals surface area contributed by atoms with Crippen LogP contribution in [0.15, 0.2) is 12.4 Å². The lowest BCUT2D eigenvalue weighted by atomic mass is 10.2. The highest BCUT2D eigenvalue weighted by atomic mass is 16.6. The van der Waals surface area contributed by atoms with Crippen LogP contribution in [0.5, 0.6) is 0 Å². The largest absolute Gasteiger partial charge is 0.459 e. The molecule has 0 saturated heterocycles. The van der Waals surface area contributed by atoms with Crippen molar-refractivity contribution in [3.63, 3.8) is 0 Å². The molecule has 0 aliphatic carbocycles. The van der Waals surface area contributed by atoms with E-state index in [9.17, 15) is 19.2 Å². The van der Waals surface area contributed by atoms with Gasteiger partial charge < -0.3 is 24.7 Å². The number of aromatic nitrogens is 6. The molecule has 1 unspecified atom stereocenters. The Kier molecular flexibility index (Phi) is 14.6. The van der Waals surface area contributed by atoms with Crippen molar-refractivity contribution in [1.82, 2.24) is 39.8 Å². The third-order valence-corrected chi connectivity index (χ3v) is 6.05. The smallest absolute Gasteiger partial charge is 0.320 e. The van der Waals surface area contributed by atoms with E-state index in [0.717, 1.165) is 0 Å². The van der Waals surface area contributed by atoms with Gasteiger partial charge in [0.1, 0.15) is 22.4 Å². The molecule has 2 rings (SSSR count). The van der Waals surface area contributed by atoms with Crippen LogP contribution in [0.25, 0.3) is 0 Å². The molecule has 0 fully saturated rings. The van der Waals surface area contributed by atoms with Crippen molar-refractivity contribution in [2.45, 2.75) is 131 Å². The van der Waals surface area contributed by atoms with E-state index >= 15 is 0 Å². The summed E-state index contributed by atoms with van der Waals surface area (Å²) in [5, 5.41) is 17.0. The predicted molar refractivity (Wildman–Crippen MR) is 182 cm³/mol. The highest BCUT2D eigenvalue weighted by molar-refractivity contribution is 5.76. The molecule has 0 aliphatic rings. The van der Waals surface area contributed by atoms with Gasteiger partial charge in [-0.3, -0.25) is 33.7 Å². The van der Waals surface area contributed by atoms with Gasteiger partial charge in [-0.15, -0.1) is 10.2 Å². The fourth-order valence-electron chi connectivity index (χ4n) is 4.57. The summed E-state index contributed by atoms with van der Waals surface area (Å²) >= 11 is 0. The molecule has 0 saturated carbocycles. The van der Waals surface area contributed by atoms with Crippen molar-refractivity contribution in [2.24, 2.45) is 5.73 Å². The summed E-state index contributed by atoms with van der Waals surface area (Å²) < 4.78 is 25.0. The zero-order valence-electron chi connectivity index (χ0n) is 31.8. The van der Waals surface area contributed by atoms with Crippen molar-refractivity contribution in [3.8, 4) is 0 Å². The van der Waals surface area contributed by atoms with Crippen LogP contribution in [0.4, 0.5) is 0 Å². The Labute approximate surface area is 295 Å². The third kappa shape index (κ3) is 17.6. The van der Waals surface area contributed by atoms with Gasteiger partial charge in [0.15, 0.2) is 0 Å². The minimum Gasteiger partial charge on any atom is -0.459 e. The first-order valence-electron chi connectivity index (χ1n) is 16.6. The maximum absolute atomic E-state index is 12.6. The number of rotatable bonds is 16. The summed E-state index contributed by atoms with van der Waals surface area (Å²) in [5.74, 6) is -1.97. The van der Waals surface area contributed by atoms with Crippen molar-refractivity contribution in [3.05, 3.63) is 23.8 Å². The van der Waals surface area contributed by atoms with E-state index in [4.69, 9.17) is 24.7 Å². The third-order valence-electron chi connectivity index (χ3n) is 6.05. The van der Waals surface area contributed by atoms with Crippen LogP contribution >= 0.6 is 0 Å². The second-order valence-corrected chi connectivity index (χ2v) is 16.1. The molecule has 0 aromatic carbocycles. The normalized spacial score (nSPS) is 13.3. The van der Waals surface area contributed by atoms with Crippen LogP contribution in [-0.4, -0.2) is 119 Å². The summed E-state index contributed by atoms with van der Waals surface area (Å²) in [6, 6.07) is -0.379. The van der Waals surface area contributed by atoms with Gasteiger partial charge in [0.05, 0.1) is 56.4 Å². The van der Waals surface area contributed by atoms with Crippen molar-refractivity contribution >= 4 is 23.9 Å². The van der Waals surface area contributed by atoms with Crippen LogP contribution in [0.3, 0.4) is 0 Å². The Bertz CT molecular complexity index is 1370. The average molecular weight is 708 g/mol. The van der Waals surface area contributed by atoms with Gasteiger partial charge in [-0.2, -0.15) is 0 Å². The number of nitrogens with zero attached hydrogens (tertiary/aromatic N) is 8. The number of hydrogen-bond donors (Lipinski definition) is 1. The number of hydrogen-bond acceptors (Lipinski definition) is 15.